The Morgan fingerprint density at radius 1 is 1.11 bits per heavy atom. The zero-order chi connectivity index (χ0) is 19.5. The molecule has 0 bridgehead atoms. The first-order valence-electron chi connectivity index (χ1n) is 10.6. The summed E-state index contributed by atoms with van der Waals surface area (Å²) in [6, 6.07) is 8.31. The number of H-pyrrole nitrogens is 1. The van der Waals surface area contributed by atoms with Crippen LogP contribution in [0.1, 0.15) is 36.2 Å². The number of hydrogen-bond donors (Lipinski definition) is 3. The summed E-state index contributed by atoms with van der Waals surface area (Å²) in [7, 11) is 2.07. The molecule has 6 nitrogen and oxygen atoms in total. The number of aromatic amines is 1. The first kappa shape index (κ1) is 19.5. The molecule has 7 heteroatoms. The Kier molecular flexibility index (Phi) is 6.04. The molecule has 1 amide bonds. The number of benzene rings is 1. The molecule has 2 aromatic rings. The quantitative estimate of drug-likeness (QED) is 0.641. The van der Waals surface area contributed by atoms with Crippen molar-refractivity contribution in [3.63, 3.8) is 0 Å². The third kappa shape index (κ3) is 4.59. The third-order valence-electron chi connectivity index (χ3n) is 6.34. The van der Waals surface area contributed by atoms with Crippen molar-refractivity contribution in [2.24, 2.45) is 0 Å². The van der Waals surface area contributed by atoms with Crippen LogP contribution in [0.2, 0.25) is 0 Å². The Bertz CT molecular complexity index is 808. The summed E-state index contributed by atoms with van der Waals surface area (Å²) in [5.41, 5.74) is 2.86. The van der Waals surface area contributed by atoms with Crippen molar-refractivity contribution in [3.8, 4) is 0 Å². The van der Waals surface area contributed by atoms with Crippen LogP contribution in [0.4, 0.5) is 0 Å². The second-order valence-electron chi connectivity index (χ2n) is 8.38. The van der Waals surface area contributed by atoms with Crippen molar-refractivity contribution >= 4 is 30.1 Å². The van der Waals surface area contributed by atoms with Crippen LogP contribution >= 0.6 is 0 Å². The van der Waals surface area contributed by atoms with Gasteiger partial charge < -0.3 is 25.2 Å². The third-order valence-corrected chi connectivity index (χ3v) is 6.34. The predicted octanol–water partition coefficient (Wildman–Crippen LogP) is 0.0772. The molecule has 0 aliphatic carbocycles. The van der Waals surface area contributed by atoms with E-state index in [1.165, 1.54) is 5.46 Å². The molecule has 2 aliphatic heterocycles. The summed E-state index contributed by atoms with van der Waals surface area (Å²) < 4.78 is 0. The lowest BCUT2D eigenvalue weighted by atomic mass is 9.92. The number of fused-ring (bicyclic) bond motifs is 1. The Balaban J connectivity index is 1.22. The highest BCUT2D eigenvalue weighted by atomic mass is 16.3. The highest BCUT2D eigenvalue weighted by molar-refractivity contribution is 6.38. The molecular weight excluding hydrogens is 351 g/mol. The van der Waals surface area contributed by atoms with Crippen molar-refractivity contribution in [1.29, 1.82) is 0 Å². The lowest BCUT2D eigenvalue weighted by Gasteiger charge is -2.35. The molecule has 150 valence electrons. The molecule has 0 spiro atoms. The zero-order valence-electron chi connectivity index (χ0n) is 16.8. The molecule has 3 heterocycles. The van der Waals surface area contributed by atoms with Crippen LogP contribution in [0.15, 0.2) is 24.3 Å². The maximum atomic E-state index is 12.7. The summed E-state index contributed by atoms with van der Waals surface area (Å²) in [6.07, 6.45) is 3.72. The summed E-state index contributed by atoms with van der Waals surface area (Å²) in [6.45, 7) is 6.26. The minimum absolute atomic E-state index is 0.000856. The van der Waals surface area contributed by atoms with Crippen molar-refractivity contribution in [3.05, 3.63) is 30.0 Å². The molecule has 0 atom stereocenters. The number of nitrogens with one attached hydrogen (secondary N) is 2. The zero-order valence-corrected chi connectivity index (χ0v) is 16.8. The number of piperidine rings is 2. The normalized spacial score (nSPS) is 20.6. The number of rotatable bonds is 5. The molecule has 28 heavy (non-hydrogen) atoms. The summed E-state index contributed by atoms with van der Waals surface area (Å²) in [5.74, 6) is 0.000856. The first-order valence-corrected chi connectivity index (χ1v) is 10.6. The van der Waals surface area contributed by atoms with Crippen LogP contribution < -0.4 is 10.8 Å². The first-order chi connectivity index (χ1) is 13.6. The largest absolute Gasteiger partial charge is 0.393 e. The lowest BCUT2D eigenvalue weighted by Crippen LogP contribution is -2.47. The van der Waals surface area contributed by atoms with Gasteiger partial charge in [0.1, 0.15) is 13.5 Å². The Morgan fingerprint density at radius 3 is 2.39 bits per heavy atom. The SMILES string of the molecule is Bc1cccc2[nH]c(C(=O)NC3CCN(CCN4CCC(O)CC4)CC3)cc12. The van der Waals surface area contributed by atoms with E-state index in [-0.39, 0.29) is 18.1 Å². The van der Waals surface area contributed by atoms with E-state index in [1.54, 1.807) is 0 Å². The van der Waals surface area contributed by atoms with E-state index in [0.29, 0.717) is 5.69 Å². The fraction of sp³-hybridized carbons (Fsp3) is 0.571. The van der Waals surface area contributed by atoms with Crippen molar-refractivity contribution in [1.82, 2.24) is 20.1 Å². The van der Waals surface area contributed by atoms with E-state index in [0.717, 1.165) is 75.9 Å². The van der Waals surface area contributed by atoms with E-state index in [1.807, 2.05) is 18.2 Å². The summed E-state index contributed by atoms with van der Waals surface area (Å²) in [5, 5.41) is 13.9. The highest BCUT2D eigenvalue weighted by Gasteiger charge is 2.23. The van der Waals surface area contributed by atoms with Crippen molar-refractivity contribution in [2.75, 3.05) is 39.3 Å². The van der Waals surface area contributed by atoms with Gasteiger partial charge in [0.25, 0.3) is 5.91 Å². The molecule has 0 unspecified atom stereocenters. The standard InChI is InChI=1S/C21H31BN4O2/c22-18-2-1-3-19-17(18)14-20(24-19)21(28)23-15-4-8-25(9-5-15)12-13-26-10-6-16(27)7-11-26/h1-3,14-16,24,27H,4-13,22H2,(H,23,28). The second kappa shape index (κ2) is 8.68. The minimum Gasteiger partial charge on any atom is -0.393 e. The van der Waals surface area contributed by atoms with E-state index < -0.39 is 0 Å². The number of likely N-dealkylation sites (tertiary alicyclic amines) is 2. The van der Waals surface area contributed by atoms with E-state index in [4.69, 9.17) is 0 Å². The van der Waals surface area contributed by atoms with E-state index in [9.17, 15) is 9.90 Å². The lowest BCUT2D eigenvalue weighted by molar-refractivity contribution is 0.0729. The molecule has 3 N–H and O–H groups in total. The molecule has 2 saturated heterocycles. The number of nitrogens with zero attached hydrogens (tertiary/aromatic N) is 2. The van der Waals surface area contributed by atoms with E-state index in [2.05, 4.69) is 34.0 Å². The second-order valence-corrected chi connectivity index (χ2v) is 8.38. The number of hydrogen-bond acceptors (Lipinski definition) is 4. The van der Waals surface area contributed by atoms with Crippen LogP contribution in [-0.4, -0.2) is 85.1 Å². The van der Waals surface area contributed by atoms with Gasteiger partial charge in [0.15, 0.2) is 0 Å². The molecule has 1 aromatic heterocycles. The van der Waals surface area contributed by atoms with Gasteiger partial charge in [-0.3, -0.25) is 4.79 Å². The maximum absolute atomic E-state index is 12.7. The monoisotopic (exact) mass is 382 g/mol. The van der Waals surface area contributed by atoms with Crippen LogP contribution in [0.25, 0.3) is 10.9 Å². The summed E-state index contributed by atoms with van der Waals surface area (Å²) >= 11 is 0. The number of aliphatic hydroxyl groups excluding tert-OH is 1. The minimum atomic E-state index is -0.100. The topological polar surface area (TPSA) is 71.6 Å². The number of aliphatic hydroxyl groups is 1. The Labute approximate surface area is 167 Å². The van der Waals surface area contributed by atoms with Gasteiger partial charge in [0.05, 0.1) is 6.10 Å². The van der Waals surface area contributed by atoms with Gasteiger partial charge in [-0.05, 0) is 43.2 Å². The number of amides is 1. The molecular formula is C21H31BN4O2. The number of carbonyl (C=O) groups is 1. The molecule has 1 aromatic carbocycles. The average molecular weight is 382 g/mol. The van der Waals surface area contributed by atoms with E-state index >= 15 is 0 Å². The smallest absolute Gasteiger partial charge is 0.267 e. The van der Waals surface area contributed by atoms with Gasteiger partial charge in [0, 0.05) is 50.8 Å². The fourth-order valence-corrected chi connectivity index (χ4v) is 4.42. The van der Waals surface area contributed by atoms with Crippen molar-refractivity contribution < 1.29 is 9.90 Å². The van der Waals surface area contributed by atoms with Gasteiger partial charge in [-0.2, -0.15) is 0 Å². The van der Waals surface area contributed by atoms with Crippen LogP contribution in [-0.2, 0) is 0 Å². The van der Waals surface area contributed by atoms with Crippen LogP contribution in [0.3, 0.4) is 0 Å². The maximum Gasteiger partial charge on any atom is 0.267 e. The van der Waals surface area contributed by atoms with Gasteiger partial charge >= 0.3 is 0 Å². The fourth-order valence-electron chi connectivity index (χ4n) is 4.42. The predicted molar refractivity (Wildman–Crippen MR) is 115 cm³/mol. The average Bonchev–Trinajstić information content (AvgIpc) is 3.15. The van der Waals surface area contributed by atoms with Crippen LogP contribution in [0.5, 0.6) is 0 Å². The van der Waals surface area contributed by atoms with Gasteiger partial charge in [-0.25, -0.2) is 0 Å². The Hall–Kier alpha value is -1.83. The van der Waals surface area contributed by atoms with Gasteiger partial charge in [-0.15, -0.1) is 0 Å². The molecule has 0 radical (unpaired) electrons. The summed E-state index contributed by atoms with van der Waals surface area (Å²) in [4.78, 5) is 20.9. The molecule has 2 fully saturated rings. The molecule has 4 rings (SSSR count). The van der Waals surface area contributed by atoms with Gasteiger partial charge in [0.2, 0.25) is 0 Å². The molecule has 0 saturated carbocycles. The van der Waals surface area contributed by atoms with Crippen molar-refractivity contribution in [2.45, 2.75) is 37.8 Å². The Morgan fingerprint density at radius 2 is 1.75 bits per heavy atom. The van der Waals surface area contributed by atoms with Gasteiger partial charge in [-0.1, -0.05) is 17.6 Å². The highest BCUT2D eigenvalue weighted by Crippen LogP contribution is 2.15. The molecule has 2 aliphatic rings. The van der Waals surface area contributed by atoms with Crippen LogP contribution in [0, 0.1) is 0 Å². The number of carbonyl (C=O) groups excluding carboxylic acids is 1. The number of aromatic nitrogens is 1.